The van der Waals surface area contributed by atoms with Crippen molar-refractivity contribution in [2.24, 2.45) is 11.3 Å². The van der Waals surface area contributed by atoms with Gasteiger partial charge in [0, 0.05) is 19.1 Å². The van der Waals surface area contributed by atoms with Crippen molar-refractivity contribution >= 4 is 11.8 Å². The smallest absolute Gasteiger partial charge is 0.304 e. The van der Waals surface area contributed by atoms with Gasteiger partial charge in [0.05, 0.1) is 18.7 Å². The lowest BCUT2D eigenvalue weighted by Gasteiger charge is -2.36. The van der Waals surface area contributed by atoms with E-state index in [0.29, 0.717) is 24.1 Å². The number of rotatable bonds is 7. The van der Waals surface area contributed by atoms with Gasteiger partial charge in [0.15, 0.2) is 0 Å². The van der Waals surface area contributed by atoms with E-state index in [0.717, 1.165) is 56.3 Å². The number of carboxylic acid groups (broad SMARTS) is 1. The van der Waals surface area contributed by atoms with Gasteiger partial charge in [-0.25, -0.2) is 4.98 Å². The fourth-order valence-corrected chi connectivity index (χ4v) is 4.61. The molecule has 6 heteroatoms. The fourth-order valence-electron chi connectivity index (χ4n) is 4.61. The number of nitrogens with one attached hydrogen (secondary N) is 1. The molecule has 1 unspecified atom stereocenters. The second-order valence-corrected chi connectivity index (χ2v) is 9.76. The van der Waals surface area contributed by atoms with Gasteiger partial charge in [-0.2, -0.15) is 0 Å². The molecule has 1 saturated heterocycles. The topological polar surface area (TPSA) is 74.7 Å². The molecular formula is C23H37N3O3. The van der Waals surface area contributed by atoms with Crippen LogP contribution in [0.15, 0.2) is 18.3 Å². The number of ether oxygens (including phenoxy) is 1. The Bertz CT molecular complexity index is 648. The predicted molar refractivity (Wildman–Crippen MR) is 115 cm³/mol. The van der Waals surface area contributed by atoms with Gasteiger partial charge in [0.2, 0.25) is 0 Å². The summed E-state index contributed by atoms with van der Waals surface area (Å²) in [4.78, 5) is 17.6. The standard InChI is InChI=1S/C23H37N3O3/c1-23(2,3)17-6-8-19(9-7-17)29-20-10-11-21(24-15-20)25-18-5-4-13-26(16-18)14-12-22(27)28/h10-11,15,17-19H,4-9,12-14,16H2,1-3H3,(H,24,25)(H,27,28). The van der Waals surface area contributed by atoms with E-state index in [9.17, 15) is 4.79 Å². The Morgan fingerprint density at radius 2 is 2.00 bits per heavy atom. The van der Waals surface area contributed by atoms with Gasteiger partial charge in [-0.1, -0.05) is 20.8 Å². The Balaban J connectivity index is 1.44. The van der Waals surface area contributed by atoms with Crippen LogP contribution in [0.4, 0.5) is 5.82 Å². The van der Waals surface area contributed by atoms with Crippen LogP contribution >= 0.6 is 0 Å². The molecule has 1 saturated carbocycles. The quantitative estimate of drug-likeness (QED) is 0.702. The minimum Gasteiger partial charge on any atom is -0.489 e. The van der Waals surface area contributed by atoms with Crippen LogP contribution in [-0.4, -0.2) is 52.7 Å². The maximum absolute atomic E-state index is 10.8. The molecule has 2 fully saturated rings. The molecule has 0 radical (unpaired) electrons. The number of piperidine rings is 1. The summed E-state index contributed by atoms with van der Waals surface area (Å²) in [6.07, 6.45) is 9.21. The summed E-state index contributed by atoms with van der Waals surface area (Å²) >= 11 is 0. The molecule has 162 valence electrons. The maximum atomic E-state index is 10.8. The molecule has 0 bridgehead atoms. The predicted octanol–water partition coefficient (Wildman–Crippen LogP) is 4.42. The Labute approximate surface area is 175 Å². The largest absolute Gasteiger partial charge is 0.489 e. The minimum absolute atomic E-state index is 0.203. The Kier molecular flexibility index (Phi) is 7.38. The van der Waals surface area contributed by atoms with Crippen LogP contribution in [0.3, 0.4) is 0 Å². The van der Waals surface area contributed by atoms with Crippen molar-refractivity contribution < 1.29 is 14.6 Å². The van der Waals surface area contributed by atoms with Crippen molar-refractivity contribution in [2.75, 3.05) is 25.0 Å². The summed E-state index contributed by atoms with van der Waals surface area (Å²) in [6.45, 7) is 9.48. The van der Waals surface area contributed by atoms with Crippen LogP contribution in [0.5, 0.6) is 5.75 Å². The summed E-state index contributed by atoms with van der Waals surface area (Å²) < 4.78 is 6.18. The number of anilines is 1. The van der Waals surface area contributed by atoms with E-state index in [1.54, 1.807) is 0 Å². The third kappa shape index (κ3) is 6.88. The van der Waals surface area contributed by atoms with E-state index < -0.39 is 5.97 Å². The van der Waals surface area contributed by atoms with Gasteiger partial charge < -0.3 is 20.1 Å². The lowest BCUT2D eigenvalue weighted by atomic mass is 9.72. The average Bonchev–Trinajstić information content (AvgIpc) is 2.68. The van der Waals surface area contributed by atoms with Gasteiger partial charge in [-0.15, -0.1) is 0 Å². The molecule has 29 heavy (non-hydrogen) atoms. The van der Waals surface area contributed by atoms with Crippen LogP contribution in [0, 0.1) is 11.3 Å². The molecule has 6 nitrogen and oxygen atoms in total. The molecular weight excluding hydrogens is 366 g/mol. The highest BCUT2D eigenvalue weighted by Crippen LogP contribution is 2.38. The summed E-state index contributed by atoms with van der Waals surface area (Å²) in [5.74, 6) is 1.77. The van der Waals surface area contributed by atoms with Crippen LogP contribution in [0.25, 0.3) is 0 Å². The Morgan fingerprint density at radius 1 is 1.24 bits per heavy atom. The highest BCUT2D eigenvalue weighted by molar-refractivity contribution is 5.66. The molecule has 1 atom stereocenters. The molecule has 0 spiro atoms. The molecule has 1 aromatic heterocycles. The number of aromatic nitrogens is 1. The molecule has 0 aromatic carbocycles. The first-order valence-corrected chi connectivity index (χ1v) is 11.1. The molecule has 1 aromatic rings. The number of aliphatic carboxylic acids is 1. The number of pyridine rings is 1. The van der Waals surface area contributed by atoms with Crippen molar-refractivity contribution in [1.82, 2.24) is 9.88 Å². The molecule has 2 heterocycles. The molecule has 1 aliphatic heterocycles. The van der Waals surface area contributed by atoms with Crippen molar-refractivity contribution in [3.05, 3.63) is 18.3 Å². The van der Waals surface area contributed by atoms with E-state index in [-0.39, 0.29) is 6.42 Å². The zero-order valence-corrected chi connectivity index (χ0v) is 18.2. The van der Waals surface area contributed by atoms with Crippen molar-refractivity contribution in [3.63, 3.8) is 0 Å². The van der Waals surface area contributed by atoms with Gasteiger partial charge in [-0.05, 0) is 68.5 Å². The highest BCUT2D eigenvalue weighted by atomic mass is 16.5. The number of nitrogens with zero attached hydrogens (tertiary/aromatic N) is 2. The van der Waals surface area contributed by atoms with Gasteiger partial charge >= 0.3 is 5.97 Å². The zero-order chi connectivity index (χ0) is 20.9. The SMILES string of the molecule is CC(C)(C)C1CCC(Oc2ccc(NC3CCCN(CCC(=O)O)C3)nc2)CC1. The number of hydrogen-bond acceptors (Lipinski definition) is 5. The first-order valence-electron chi connectivity index (χ1n) is 11.1. The summed E-state index contributed by atoms with van der Waals surface area (Å²) in [7, 11) is 0. The first-order chi connectivity index (χ1) is 13.8. The van der Waals surface area contributed by atoms with E-state index in [2.05, 4.69) is 36.0 Å². The van der Waals surface area contributed by atoms with Crippen molar-refractivity contribution in [2.45, 2.75) is 77.9 Å². The maximum Gasteiger partial charge on any atom is 0.304 e. The minimum atomic E-state index is -0.732. The lowest BCUT2D eigenvalue weighted by molar-refractivity contribution is -0.137. The van der Waals surface area contributed by atoms with Crippen molar-refractivity contribution in [1.29, 1.82) is 0 Å². The zero-order valence-electron chi connectivity index (χ0n) is 18.2. The fraction of sp³-hybridized carbons (Fsp3) is 0.739. The van der Waals surface area contributed by atoms with Gasteiger partial charge in [0.25, 0.3) is 0 Å². The van der Waals surface area contributed by atoms with E-state index in [1.165, 1.54) is 12.8 Å². The Morgan fingerprint density at radius 3 is 2.62 bits per heavy atom. The Hall–Kier alpha value is -1.82. The van der Waals surface area contributed by atoms with Crippen LogP contribution in [-0.2, 0) is 4.79 Å². The van der Waals surface area contributed by atoms with Gasteiger partial charge in [0.1, 0.15) is 11.6 Å². The number of hydrogen-bond donors (Lipinski definition) is 2. The lowest BCUT2D eigenvalue weighted by Crippen LogP contribution is -2.42. The molecule has 2 N–H and O–H groups in total. The van der Waals surface area contributed by atoms with Crippen molar-refractivity contribution in [3.8, 4) is 5.75 Å². The third-order valence-corrected chi connectivity index (χ3v) is 6.44. The van der Waals surface area contributed by atoms with Crippen LogP contribution < -0.4 is 10.1 Å². The normalized spacial score (nSPS) is 26.1. The molecule has 2 aliphatic rings. The number of carbonyl (C=O) groups is 1. The third-order valence-electron chi connectivity index (χ3n) is 6.44. The molecule has 0 amide bonds. The van der Waals surface area contributed by atoms with Crippen LogP contribution in [0.1, 0.15) is 65.7 Å². The van der Waals surface area contributed by atoms with E-state index in [4.69, 9.17) is 9.84 Å². The van der Waals surface area contributed by atoms with E-state index in [1.807, 2.05) is 18.3 Å². The summed E-state index contributed by atoms with van der Waals surface area (Å²) in [6, 6.07) is 4.31. The molecule has 3 rings (SSSR count). The average molecular weight is 404 g/mol. The second kappa shape index (κ2) is 9.79. The number of likely N-dealkylation sites (tertiary alicyclic amines) is 1. The summed E-state index contributed by atoms with van der Waals surface area (Å²) in [5, 5.41) is 12.4. The van der Waals surface area contributed by atoms with E-state index >= 15 is 0 Å². The monoisotopic (exact) mass is 403 g/mol. The summed E-state index contributed by atoms with van der Waals surface area (Å²) in [5.41, 5.74) is 0.391. The highest BCUT2D eigenvalue weighted by Gasteiger charge is 2.30. The van der Waals surface area contributed by atoms with Crippen LogP contribution in [0.2, 0.25) is 0 Å². The number of carboxylic acids is 1. The molecule has 1 aliphatic carbocycles. The first kappa shape index (κ1) is 21.9. The second-order valence-electron chi connectivity index (χ2n) is 9.76. The van der Waals surface area contributed by atoms with Gasteiger partial charge in [-0.3, -0.25) is 4.79 Å².